The van der Waals surface area contributed by atoms with Crippen molar-refractivity contribution in [2.24, 2.45) is 0 Å². The maximum absolute atomic E-state index is 10.3. The van der Waals surface area contributed by atoms with Gasteiger partial charge in [0, 0.05) is 35.8 Å². The average Bonchev–Trinajstić information content (AvgIpc) is 2.70. The molecule has 0 amide bonds. The molecule has 0 bridgehead atoms. The van der Waals surface area contributed by atoms with Crippen LogP contribution in [0.15, 0.2) is 54.7 Å². The molecule has 0 saturated heterocycles. The van der Waals surface area contributed by atoms with Gasteiger partial charge >= 0.3 is 0 Å². The normalized spacial score (nSPS) is 12.5. The Morgan fingerprint density at radius 1 is 1.21 bits per heavy atom. The van der Waals surface area contributed by atoms with Crippen molar-refractivity contribution in [3.05, 3.63) is 71.0 Å². The van der Waals surface area contributed by atoms with Crippen molar-refractivity contribution in [1.82, 2.24) is 10.3 Å². The number of fused-ring (bicyclic) bond motifs is 1. The molecule has 3 rings (SSSR count). The van der Waals surface area contributed by atoms with E-state index in [0.29, 0.717) is 17.3 Å². The van der Waals surface area contributed by atoms with Crippen LogP contribution in [-0.4, -0.2) is 34.9 Å². The van der Waals surface area contributed by atoms with Crippen LogP contribution in [0, 0.1) is 11.3 Å². The molecule has 1 atom stereocenters. The van der Waals surface area contributed by atoms with E-state index in [-0.39, 0.29) is 17.7 Å². The van der Waals surface area contributed by atoms with Gasteiger partial charge in [-0.3, -0.25) is 4.98 Å². The molecule has 3 aromatic rings. The smallest absolute Gasteiger partial charge is 0.138 e. The Balaban J connectivity index is 1.54. The van der Waals surface area contributed by atoms with Gasteiger partial charge in [-0.1, -0.05) is 41.9 Å². The Morgan fingerprint density at radius 3 is 2.72 bits per heavy atom. The van der Waals surface area contributed by atoms with Crippen LogP contribution in [-0.2, 0) is 6.42 Å². The van der Waals surface area contributed by atoms with Crippen LogP contribution in [0.1, 0.15) is 25.1 Å². The summed E-state index contributed by atoms with van der Waals surface area (Å²) in [6.45, 7) is 4.56. The highest BCUT2D eigenvalue weighted by molar-refractivity contribution is 6.31. The van der Waals surface area contributed by atoms with Gasteiger partial charge in [-0.05, 0) is 37.4 Å². The molecule has 0 fully saturated rings. The number of aromatic nitrogens is 1. The van der Waals surface area contributed by atoms with Gasteiger partial charge in [-0.15, -0.1) is 0 Å². The second-order valence-electron chi connectivity index (χ2n) is 7.65. The van der Waals surface area contributed by atoms with Gasteiger partial charge in [0.25, 0.3) is 0 Å². The van der Waals surface area contributed by atoms with E-state index in [0.717, 1.165) is 22.9 Å². The van der Waals surface area contributed by atoms with Gasteiger partial charge in [0.1, 0.15) is 30.1 Å². The first kappa shape index (κ1) is 21.1. The fraction of sp³-hybridized carbons (Fsp3) is 0.304. The van der Waals surface area contributed by atoms with Gasteiger partial charge in [0.2, 0.25) is 0 Å². The lowest BCUT2D eigenvalue weighted by molar-refractivity contribution is 0.0986. The first-order valence-corrected chi connectivity index (χ1v) is 9.84. The fourth-order valence-corrected chi connectivity index (χ4v) is 3.32. The quantitative estimate of drug-likeness (QED) is 0.585. The lowest BCUT2D eigenvalue weighted by atomic mass is 9.97. The SMILES string of the molecule is CC(C)(Cc1cc2ccccc2cn1)NC[C@@H](O)COc1cccc(Cl)c1C#N. The average molecular weight is 410 g/mol. The highest BCUT2D eigenvalue weighted by Gasteiger charge is 2.20. The lowest BCUT2D eigenvalue weighted by Crippen LogP contribution is -2.46. The van der Waals surface area contributed by atoms with Gasteiger partial charge < -0.3 is 15.2 Å². The second kappa shape index (κ2) is 9.23. The second-order valence-corrected chi connectivity index (χ2v) is 8.06. The van der Waals surface area contributed by atoms with Gasteiger partial charge in [-0.25, -0.2) is 0 Å². The van der Waals surface area contributed by atoms with Gasteiger partial charge in [-0.2, -0.15) is 5.26 Å². The Hall–Kier alpha value is -2.65. The molecule has 1 heterocycles. The topological polar surface area (TPSA) is 78.2 Å². The summed E-state index contributed by atoms with van der Waals surface area (Å²) in [4.78, 5) is 4.55. The van der Waals surface area contributed by atoms with E-state index in [4.69, 9.17) is 16.3 Å². The van der Waals surface area contributed by atoms with Crippen molar-refractivity contribution in [3.63, 3.8) is 0 Å². The number of β-amino-alcohol motifs (C(OH)–C–C–N with tert-alkyl or cyclic N) is 1. The van der Waals surface area contributed by atoms with Crippen molar-refractivity contribution < 1.29 is 9.84 Å². The van der Waals surface area contributed by atoms with Crippen molar-refractivity contribution in [3.8, 4) is 11.8 Å². The summed E-state index contributed by atoms with van der Waals surface area (Å²) < 4.78 is 5.59. The Morgan fingerprint density at radius 2 is 1.97 bits per heavy atom. The molecular formula is C23H24ClN3O2. The predicted octanol–water partition coefficient (Wildman–Crippen LogP) is 4.11. The molecule has 0 aliphatic carbocycles. The maximum Gasteiger partial charge on any atom is 0.138 e. The Kier molecular flexibility index (Phi) is 6.71. The number of rotatable bonds is 8. The molecule has 0 aliphatic heterocycles. The molecule has 0 unspecified atom stereocenters. The summed E-state index contributed by atoms with van der Waals surface area (Å²) >= 11 is 6.00. The van der Waals surface area contributed by atoms with E-state index >= 15 is 0 Å². The molecule has 150 valence electrons. The number of nitrogens with one attached hydrogen (secondary N) is 1. The van der Waals surface area contributed by atoms with E-state index in [9.17, 15) is 10.4 Å². The number of aliphatic hydroxyl groups is 1. The molecule has 5 nitrogen and oxygen atoms in total. The minimum Gasteiger partial charge on any atom is -0.489 e. The molecule has 2 aromatic carbocycles. The number of hydrogen-bond acceptors (Lipinski definition) is 5. The number of aliphatic hydroxyl groups excluding tert-OH is 1. The molecule has 2 N–H and O–H groups in total. The van der Waals surface area contributed by atoms with Gasteiger partial charge in [0.05, 0.1) is 5.02 Å². The standard InChI is InChI=1S/C23H24ClN3O2/c1-23(2,11-18-10-16-6-3-4-7-17(16)13-26-18)27-14-19(28)15-29-22-9-5-8-21(24)20(22)12-25/h3-10,13,19,27-28H,11,14-15H2,1-2H3/t19-/m1/s1. The number of halogens is 1. The summed E-state index contributed by atoms with van der Waals surface area (Å²) in [7, 11) is 0. The van der Waals surface area contributed by atoms with Crippen LogP contribution in [0.3, 0.4) is 0 Å². The summed E-state index contributed by atoms with van der Waals surface area (Å²) in [6.07, 6.45) is 1.88. The molecule has 0 saturated carbocycles. The molecule has 0 radical (unpaired) electrons. The largest absolute Gasteiger partial charge is 0.489 e. The fourth-order valence-electron chi connectivity index (χ4n) is 3.11. The van der Waals surface area contributed by atoms with Crippen molar-refractivity contribution in [2.75, 3.05) is 13.2 Å². The van der Waals surface area contributed by atoms with E-state index in [1.165, 1.54) is 0 Å². The van der Waals surface area contributed by atoms with E-state index < -0.39 is 6.10 Å². The summed E-state index contributed by atoms with van der Waals surface area (Å²) in [6, 6.07) is 17.3. The van der Waals surface area contributed by atoms with Crippen LogP contribution in [0.5, 0.6) is 5.75 Å². The van der Waals surface area contributed by atoms with Crippen LogP contribution in [0.2, 0.25) is 5.02 Å². The number of nitrogens with zero attached hydrogens (tertiary/aromatic N) is 2. The third kappa shape index (κ3) is 5.68. The molecule has 29 heavy (non-hydrogen) atoms. The molecule has 0 aliphatic rings. The van der Waals surface area contributed by atoms with E-state index in [1.54, 1.807) is 18.2 Å². The van der Waals surface area contributed by atoms with Crippen LogP contribution in [0.4, 0.5) is 0 Å². The van der Waals surface area contributed by atoms with Crippen LogP contribution < -0.4 is 10.1 Å². The van der Waals surface area contributed by atoms with Crippen LogP contribution >= 0.6 is 11.6 Å². The number of ether oxygens (including phenoxy) is 1. The predicted molar refractivity (Wildman–Crippen MR) is 115 cm³/mol. The van der Waals surface area contributed by atoms with Crippen LogP contribution in [0.25, 0.3) is 10.8 Å². The monoisotopic (exact) mass is 409 g/mol. The maximum atomic E-state index is 10.3. The minimum atomic E-state index is -0.732. The first-order valence-electron chi connectivity index (χ1n) is 9.46. The Bertz CT molecular complexity index is 1030. The third-order valence-electron chi connectivity index (χ3n) is 4.65. The van der Waals surface area contributed by atoms with E-state index in [1.807, 2.05) is 30.5 Å². The van der Waals surface area contributed by atoms with Gasteiger partial charge in [0.15, 0.2) is 0 Å². The zero-order valence-corrected chi connectivity index (χ0v) is 17.3. The lowest BCUT2D eigenvalue weighted by Gasteiger charge is -2.27. The zero-order chi connectivity index (χ0) is 20.9. The number of hydrogen-bond donors (Lipinski definition) is 2. The number of benzene rings is 2. The molecule has 6 heteroatoms. The zero-order valence-electron chi connectivity index (χ0n) is 16.5. The van der Waals surface area contributed by atoms with Crippen molar-refractivity contribution in [2.45, 2.75) is 31.9 Å². The first-order chi connectivity index (χ1) is 13.9. The highest BCUT2D eigenvalue weighted by Crippen LogP contribution is 2.25. The summed E-state index contributed by atoms with van der Waals surface area (Å²) in [5.41, 5.74) is 1.01. The summed E-state index contributed by atoms with van der Waals surface area (Å²) in [5, 5.41) is 25.5. The minimum absolute atomic E-state index is 0.0618. The molecular weight excluding hydrogens is 386 g/mol. The number of nitriles is 1. The highest BCUT2D eigenvalue weighted by atomic mass is 35.5. The number of pyridine rings is 1. The van der Waals surface area contributed by atoms with E-state index in [2.05, 4.69) is 36.3 Å². The van der Waals surface area contributed by atoms with Crippen molar-refractivity contribution in [1.29, 1.82) is 5.26 Å². The molecule has 0 spiro atoms. The van der Waals surface area contributed by atoms with Crippen molar-refractivity contribution >= 4 is 22.4 Å². The molecule has 1 aromatic heterocycles. The Labute approximate surface area is 175 Å². The summed E-state index contributed by atoms with van der Waals surface area (Å²) in [5.74, 6) is 0.374. The third-order valence-corrected chi connectivity index (χ3v) is 4.96.